The number of fused-ring (bicyclic) bond motifs is 2. The van der Waals surface area contributed by atoms with Crippen molar-refractivity contribution >= 4 is 17.5 Å². The second kappa shape index (κ2) is 7.34. The maximum absolute atomic E-state index is 13.4. The van der Waals surface area contributed by atoms with Gasteiger partial charge in [-0.3, -0.25) is 14.6 Å². The van der Waals surface area contributed by atoms with Gasteiger partial charge in [-0.25, -0.2) is 0 Å². The minimum Gasteiger partial charge on any atom is -0.361 e. The van der Waals surface area contributed by atoms with Crippen molar-refractivity contribution in [1.82, 2.24) is 15.0 Å². The molecule has 1 N–H and O–H groups in total. The number of carbonyl (C=O) groups excluding carboxylic acids is 2. The molecule has 5 rings (SSSR count). The molecule has 2 amide bonds. The SMILES string of the molecule is Cc1noc(C)c1CCC(=O)N1CCC2(C(=O)Nc3ccccc32)C1c1cccnc1. The molecule has 0 saturated carbocycles. The first kappa shape index (κ1) is 19.5. The summed E-state index contributed by atoms with van der Waals surface area (Å²) in [7, 11) is 0. The maximum atomic E-state index is 13.4. The lowest BCUT2D eigenvalue weighted by atomic mass is 9.73. The number of aromatic nitrogens is 2. The Labute approximate surface area is 180 Å². The summed E-state index contributed by atoms with van der Waals surface area (Å²) >= 11 is 0. The average Bonchev–Trinajstić information content (AvgIpc) is 3.42. The minimum absolute atomic E-state index is 0.0166. The molecule has 3 aromatic rings. The summed E-state index contributed by atoms with van der Waals surface area (Å²) in [5, 5.41) is 7.03. The van der Waals surface area contributed by atoms with Gasteiger partial charge in [0.2, 0.25) is 11.8 Å². The number of hydrogen-bond acceptors (Lipinski definition) is 5. The third-order valence-corrected chi connectivity index (χ3v) is 6.68. The number of carbonyl (C=O) groups is 2. The molecule has 4 heterocycles. The summed E-state index contributed by atoms with van der Waals surface area (Å²) in [4.78, 5) is 32.9. The first-order chi connectivity index (χ1) is 15.0. The number of hydrogen-bond donors (Lipinski definition) is 1. The van der Waals surface area contributed by atoms with Crippen molar-refractivity contribution in [3.05, 3.63) is 76.9 Å². The zero-order chi connectivity index (χ0) is 21.6. The molecule has 2 unspecified atom stereocenters. The highest BCUT2D eigenvalue weighted by atomic mass is 16.5. The zero-order valence-electron chi connectivity index (χ0n) is 17.6. The van der Waals surface area contributed by atoms with E-state index in [0.717, 1.165) is 33.8 Å². The van der Waals surface area contributed by atoms with Crippen molar-refractivity contribution < 1.29 is 14.1 Å². The summed E-state index contributed by atoms with van der Waals surface area (Å²) in [5.41, 5.74) is 3.64. The van der Waals surface area contributed by atoms with Gasteiger partial charge in [-0.2, -0.15) is 0 Å². The van der Waals surface area contributed by atoms with Crippen LogP contribution in [0.15, 0.2) is 53.3 Å². The second-order valence-corrected chi connectivity index (χ2v) is 8.30. The van der Waals surface area contributed by atoms with Crippen LogP contribution in [0.4, 0.5) is 5.69 Å². The monoisotopic (exact) mass is 416 g/mol. The third-order valence-electron chi connectivity index (χ3n) is 6.68. The maximum Gasteiger partial charge on any atom is 0.237 e. The van der Waals surface area contributed by atoms with Gasteiger partial charge < -0.3 is 14.7 Å². The van der Waals surface area contributed by atoms with E-state index in [9.17, 15) is 9.59 Å². The molecule has 0 radical (unpaired) electrons. The third kappa shape index (κ3) is 2.95. The van der Waals surface area contributed by atoms with Gasteiger partial charge in [-0.1, -0.05) is 29.4 Å². The van der Waals surface area contributed by atoms with Gasteiger partial charge in [0.25, 0.3) is 0 Å². The fraction of sp³-hybridized carbons (Fsp3) is 0.333. The Morgan fingerprint density at radius 3 is 2.84 bits per heavy atom. The molecule has 7 heteroatoms. The Morgan fingerprint density at radius 1 is 1.26 bits per heavy atom. The molecule has 1 fully saturated rings. The van der Waals surface area contributed by atoms with Crippen LogP contribution in [0, 0.1) is 13.8 Å². The van der Waals surface area contributed by atoms with Gasteiger partial charge in [0.15, 0.2) is 0 Å². The Balaban J connectivity index is 1.51. The summed E-state index contributed by atoms with van der Waals surface area (Å²) in [6.07, 6.45) is 4.94. The van der Waals surface area contributed by atoms with Crippen molar-refractivity contribution in [3.8, 4) is 0 Å². The lowest BCUT2D eigenvalue weighted by molar-refractivity contribution is -0.133. The van der Waals surface area contributed by atoms with Crippen LogP contribution < -0.4 is 5.32 Å². The summed E-state index contributed by atoms with van der Waals surface area (Å²) in [5.74, 6) is 0.711. The van der Waals surface area contributed by atoms with E-state index in [1.54, 1.807) is 12.4 Å². The molecule has 1 saturated heterocycles. The first-order valence-corrected chi connectivity index (χ1v) is 10.5. The topological polar surface area (TPSA) is 88.3 Å². The van der Waals surface area contributed by atoms with Crippen LogP contribution in [-0.2, 0) is 21.4 Å². The van der Waals surface area contributed by atoms with Gasteiger partial charge in [-0.05, 0) is 49.9 Å². The van der Waals surface area contributed by atoms with Gasteiger partial charge in [0, 0.05) is 36.6 Å². The Hall–Kier alpha value is -3.48. The molecule has 0 bridgehead atoms. The normalized spacial score (nSPS) is 22.1. The molecule has 1 spiro atoms. The number of anilines is 1. The predicted molar refractivity (Wildman–Crippen MR) is 114 cm³/mol. The van der Waals surface area contributed by atoms with E-state index in [2.05, 4.69) is 15.5 Å². The Morgan fingerprint density at radius 2 is 2.10 bits per heavy atom. The van der Waals surface area contributed by atoms with Crippen molar-refractivity contribution in [2.24, 2.45) is 0 Å². The van der Waals surface area contributed by atoms with E-state index in [1.165, 1.54) is 0 Å². The highest BCUT2D eigenvalue weighted by Gasteiger charge is 2.59. The summed E-state index contributed by atoms with van der Waals surface area (Å²) < 4.78 is 5.24. The fourth-order valence-electron chi connectivity index (χ4n) is 5.19. The van der Waals surface area contributed by atoms with Crippen LogP contribution in [-0.4, -0.2) is 33.4 Å². The number of amides is 2. The molecule has 31 heavy (non-hydrogen) atoms. The zero-order valence-corrected chi connectivity index (χ0v) is 17.6. The minimum atomic E-state index is -0.807. The van der Waals surface area contributed by atoms with E-state index in [1.807, 2.05) is 55.1 Å². The fourth-order valence-corrected chi connectivity index (χ4v) is 5.19. The highest BCUT2D eigenvalue weighted by molar-refractivity contribution is 6.07. The quantitative estimate of drug-likeness (QED) is 0.703. The van der Waals surface area contributed by atoms with Crippen molar-refractivity contribution in [2.45, 2.75) is 44.6 Å². The van der Waals surface area contributed by atoms with E-state index < -0.39 is 11.5 Å². The molecular weight excluding hydrogens is 392 g/mol. The van der Waals surface area contributed by atoms with Gasteiger partial charge in [0.05, 0.1) is 11.7 Å². The molecule has 158 valence electrons. The van der Waals surface area contributed by atoms with Crippen LogP contribution >= 0.6 is 0 Å². The Bertz CT molecular complexity index is 1140. The predicted octanol–water partition coefficient (Wildman–Crippen LogP) is 3.48. The van der Waals surface area contributed by atoms with Crippen molar-refractivity contribution in [2.75, 3.05) is 11.9 Å². The molecule has 2 aromatic heterocycles. The van der Waals surface area contributed by atoms with Crippen LogP contribution in [0.1, 0.15) is 47.0 Å². The molecule has 2 atom stereocenters. The first-order valence-electron chi connectivity index (χ1n) is 10.5. The molecule has 7 nitrogen and oxygen atoms in total. The number of para-hydroxylation sites is 1. The van der Waals surface area contributed by atoms with Crippen molar-refractivity contribution in [1.29, 1.82) is 0 Å². The lowest BCUT2D eigenvalue weighted by Gasteiger charge is -2.34. The number of rotatable bonds is 4. The van der Waals surface area contributed by atoms with Gasteiger partial charge >= 0.3 is 0 Å². The molecule has 1 aromatic carbocycles. The summed E-state index contributed by atoms with van der Waals surface area (Å²) in [6.45, 7) is 4.27. The number of nitrogens with zero attached hydrogens (tertiary/aromatic N) is 3. The smallest absolute Gasteiger partial charge is 0.237 e. The number of likely N-dealkylation sites (tertiary alicyclic amines) is 1. The molecule has 0 aliphatic carbocycles. The number of nitrogens with one attached hydrogen (secondary N) is 1. The Kier molecular flexibility index (Phi) is 4.61. The number of benzene rings is 1. The second-order valence-electron chi connectivity index (χ2n) is 8.30. The van der Waals surface area contributed by atoms with Crippen molar-refractivity contribution in [3.63, 3.8) is 0 Å². The van der Waals surface area contributed by atoms with Crippen LogP contribution in [0.3, 0.4) is 0 Å². The standard InChI is InChI=1S/C24H24N4O3/c1-15-18(16(2)31-27-15)9-10-21(29)28-13-11-24(22(28)17-6-5-12-25-14-17)19-7-3-4-8-20(19)26-23(24)30/h3-8,12,14,22H,9-11,13H2,1-2H3,(H,26,30). The molecule has 2 aliphatic heterocycles. The number of aryl methyl sites for hydroxylation is 2. The average molecular weight is 416 g/mol. The largest absolute Gasteiger partial charge is 0.361 e. The molecular formula is C24H24N4O3. The summed E-state index contributed by atoms with van der Waals surface area (Å²) in [6, 6.07) is 11.2. The molecule has 2 aliphatic rings. The number of pyridine rings is 1. The van der Waals surface area contributed by atoms with E-state index in [4.69, 9.17) is 4.52 Å². The van der Waals surface area contributed by atoms with Gasteiger partial charge in [-0.15, -0.1) is 0 Å². The van der Waals surface area contributed by atoms with Crippen LogP contribution in [0.5, 0.6) is 0 Å². The lowest BCUT2D eigenvalue weighted by Crippen LogP contribution is -2.42. The van der Waals surface area contributed by atoms with Gasteiger partial charge in [0.1, 0.15) is 11.2 Å². The van der Waals surface area contributed by atoms with E-state index in [-0.39, 0.29) is 11.8 Å². The van der Waals surface area contributed by atoms with Crippen LogP contribution in [0.2, 0.25) is 0 Å². The van der Waals surface area contributed by atoms with E-state index >= 15 is 0 Å². The van der Waals surface area contributed by atoms with E-state index in [0.29, 0.717) is 25.8 Å². The van der Waals surface area contributed by atoms with Crippen LogP contribution in [0.25, 0.3) is 0 Å². The highest BCUT2D eigenvalue weighted by Crippen LogP contribution is 2.54.